The van der Waals surface area contributed by atoms with Gasteiger partial charge in [0.2, 0.25) is 0 Å². The smallest absolute Gasteiger partial charge is 0.193 e. The molecule has 0 atom stereocenters. The van der Waals surface area contributed by atoms with Crippen LogP contribution in [0.4, 0.5) is 0 Å². The number of carbonyl (C=O) groups excluding carboxylic acids is 1. The largest absolute Gasteiger partial charge is 0.289 e. The molecule has 1 nitrogen and oxygen atoms in total. The molecular formula is C18H19BrO. The molecule has 0 radical (unpaired) electrons. The fourth-order valence-electron chi connectivity index (χ4n) is 2.30. The van der Waals surface area contributed by atoms with Crippen molar-refractivity contribution in [1.82, 2.24) is 0 Å². The highest BCUT2D eigenvalue weighted by atomic mass is 79.9. The van der Waals surface area contributed by atoms with Crippen LogP contribution in [-0.2, 0) is 6.42 Å². The molecule has 0 aliphatic carbocycles. The van der Waals surface area contributed by atoms with Crippen LogP contribution in [0, 0.1) is 12.8 Å². The summed E-state index contributed by atoms with van der Waals surface area (Å²) in [7, 11) is 0. The minimum absolute atomic E-state index is 0.0745. The maximum absolute atomic E-state index is 12.5. The van der Waals surface area contributed by atoms with Gasteiger partial charge in [-0.1, -0.05) is 54.0 Å². The zero-order chi connectivity index (χ0) is 14.7. The molecule has 0 bridgehead atoms. The lowest BCUT2D eigenvalue weighted by molar-refractivity contribution is 0.103. The minimum Gasteiger partial charge on any atom is -0.289 e. The summed E-state index contributed by atoms with van der Waals surface area (Å²) in [5, 5.41) is 0. The number of hydrogen-bond acceptors (Lipinski definition) is 1. The topological polar surface area (TPSA) is 17.1 Å². The van der Waals surface area contributed by atoms with Crippen molar-refractivity contribution in [1.29, 1.82) is 0 Å². The Morgan fingerprint density at radius 3 is 2.25 bits per heavy atom. The van der Waals surface area contributed by atoms with E-state index in [2.05, 4.69) is 41.9 Å². The van der Waals surface area contributed by atoms with Gasteiger partial charge in [0.15, 0.2) is 5.78 Å². The molecule has 0 fully saturated rings. The lowest BCUT2D eigenvalue weighted by Crippen LogP contribution is -2.02. The number of hydrogen-bond donors (Lipinski definition) is 0. The van der Waals surface area contributed by atoms with Crippen molar-refractivity contribution in [3.63, 3.8) is 0 Å². The van der Waals surface area contributed by atoms with E-state index in [1.165, 1.54) is 5.56 Å². The Morgan fingerprint density at radius 2 is 1.70 bits per heavy atom. The van der Waals surface area contributed by atoms with Gasteiger partial charge in [-0.3, -0.25) is 4.79 Å². The Hall–Kier alpha value is -1.41. The van der Waals surface area contributed by atoms with Crippen LogP contribution in [0.2, 0.25) is 0 Å². The fraction of sp³-hybridized carbons (Fsp3) is 0.278. The molecule has 0 saturated heterocycles. The molecule has 0 amide bonds. The van der Waals surface area contributed by atoms with Gasteiger partial charge < -0.3 is 0 Å². The van der Waals surface area contributed by atoms with Crippen LogP contribution in [0.1, 0.15) is 40.9 Å². The Morgan fingerprint density at radius 1 is 1.05 bits per heavy atom. The number of halogens is 1. The molecule has 0 heterocycles. The lowest BCUT2D eigenvalue weighted by Gasteiger charge is -2.07. The molecule has 20 heavy (non-hydrogen) atoms. The van der Waals surface area contributed by atoms with Crippen LogP contribution in [0.3, 0.4) is 0 Å². The highest BCUT2D eigenvalue weighted by Crippen LogP contribution is 2.19. The molecular weight excluding hydrogens is 312 g/mol. The van der Waals surface area contributed by atoms with Crippen molar-refractivity contribution in [2.24, 2.45) is 5.92 Å². The predicted octanol–water partition coefficient (Wildman–Crippen LogP) is 5.19. The van der Waals surface area contributed by atoms with E-state index in [0.29, 0.717) is 5.92 Å². The monoisotopic (exact) mass is 330 g/mol. The summed E-state index contributed by atoms with van der Waals surface area (Å²) in [4.78, 5) is 12.5. The van der Waals surface area contributed by atoms with Gasteiger partial charge in [0.25, 0.3) is 0 Å². The first-order chi connectivity index (χ1) is 9.45. The molecule has 2 rings (SSSR count). The second-order valence-corrected chi connectivity index (χ2v) is 6.56. The van der Waals surface area contributed by atoms with Crippen LogP contribution in [0.15, 0.2) is 46.9 Å². The van der Waals surface area contributed by atoms with Gasteiger partial charge >= 0.3 is 0 Å². The van der Waals surface area contributed by atoms with Gasteiger partial charge in [-0.15, -0.1) is 0 Å². The van der Waals surface area contributed by atoms with Gasteiger partial charge in [-0.2, -0.15) is 0 Å². The van der Waals surface area contributed by atoms with Gasteiger partial charge in [-0.25, -0.2) is 0 Å². The first kappa shape index (κ1) is 15.0. The van der Waals surface area contributed by atoms with E-state index < -0.39 is 0 Å². The second kappa shape index (κ2) is 6.36. The zero-order valence-corrected chi connectivity index (χ0v) is 13.7. The van der Waals surface area contributed by atoms with Crippen molar-refractivity contribution < 1.29 is 4.79 Å². The maximum atomic E-state index is 12.5. The molecule has 2 aromatic carbocycles. The number of ketones is 1. The van der Waals surface area contributed by atoms with E-state index in [-0.39, 0.29) is 5.78 Å². The summed E-state index contributed by atoms with van der Waals surface area (Å²) in [6.07, 6.45) is 1.05. The number of benzene rings is 2. The van der Waals surface area contributed by atoms with Gasteiger partial charge in [-0.05, 0) is 48.6 Å². The minimum atomic E-state index is 0.0745. The summed E-state index contributed by atoms with van der Waals surface area (Å²) < 4.78 is 0.942. The normalized spacial score (nSPS) is 10.8. The highest BCUT2D eigenvalue weighted by molar-refractivity contribution is 9.10. The number of rotatable bonds is 4. The van der Waals surface area contributed by atoms with Crippen LogP contribution < -0.4 is 0 Å². The first-order valence-electron chi connectivity index (χ1n) is 6.86. The third-order valence-electron chi connectivity index (χ3n) is 3.16. The Balaban J connectivity index is 2.24. The van der Waals surface area contributed by atoms with Crippen molar-refractivity contribution >= 4 is 21.7 Å². The Kier molecular flexibility index (Phi) is 4.77. The third-order valence-corrected chi connectivity index (χ3v) is 3.62. The molecule has 2 aromatic rings. The molecule has 0 saturated carbocycles. The van der Waals surface area contributed by atoms with E-state index in [9.17, 15) is 4.79 Å². The van der Waals surface area contributed by atoms with E-state index in [1.54, 1.807) is 0 Å². The highest BCUT2D eigenvalue weighted by Gasteiger charge is 2.10. The van der Waals surface area contributed by atoms with Crippen LogP contribution in [0.5, 0.6) is 0 Å². The van der Waals surface area contributed by atoms with Crippen LogP contribution in [-0.4, -0.2) is 5.78 Å². The third kappa shape index (κ3) is 3.80. The van der Waals surface area contributed by atoms with Crippen molar-refractivity contribution in [2.45, 2.75) is 27.2 Å². The summed E-state index contributed by atoms with van der Waals surface area (Å²) in [5.41, 5.74) is 3.84. The predicted molar refractivity (Wildman–Crippen MR) is 87.3 cm³/mol. The Bertz CT molecular complexity index is 592. The van der Waals surface area contributed by atoms with E-state index in [4.69, 9.17) is 0 Å². The van der Waals surface area contributed by atoms with Gasteiger partial charge in [0.05, 0.1) is 0 Å². The molecule has 104 valence electrons. The van der Waals surface area contributed by atoms with Crippen molar-refractivity contribution in [3.8, 4) is 0 Å². The Labute approximate surface area is 129 Å². The van der Waals surface area contributed by atoms with Crippen molar-refractivity contribution in [3.05, 3.63) is 69.2 Å². The van der Waals surface area contributed by atoms with E-state index in [0.717, 1.165) is 27.6 Å². The van der Waals surface area contributed by atoms with E-state index in [1.807, 2.05) is 37.3 Å². The molecule has 0 unspecified atom stereocenters. The maximum Gasteiger partial charge on any atom is 0.193 e. The summed E-state index contributed by atoms with van der Waals surface area (Å²) in [6.45, 7) is 6.39. The van der Waals surface area contributed by atoms with Crippen molar-refractivity contribution in [2.75, 3.05) is 0 Å². The van der Waals surface area contributed by atoms with Crippen LogP contribution in [0.25, 0.3) is 0 Å². The molecule has 0 aliphatic rings. The standard InChI is InChI=1S/C18H19BrO/c1-12(2)8-14-4-6-15(7-5-14)18(20)16-9-13(3)10-17(19)11-16/h4-7,9-12H,8H2,1-3H3. The molecule has 0 aliphatic heterocycles. The number of carbonyl (C=O) groups is 1. The summed E-state index contributed by atoms with van der Waals surface area (Å²) in [5.74, 6) is 0.703. The second-order valence-electron chi connectivity index (χ2n) is 5.64. The molecule has 0 aromatic heterocycles. The average Bonchev–Trinajstić information content (AvgIpc) is 2.37. The lowest BCUT2D eigenvalue weighted by atomic mass is 9.98. The van der Waals surface area contributed by atoms with Gasteiger partial charge in [0, 0.05) is 15.6 Å². The zero-order valence-electron chi connectivity index (χ0n) is 12.1. The molecule has 2 heteroatoms. The van der Waals surface area contributed by atoms with Crippen LogP contribution >= 0.6 is 15.9 Å². The van der Waals surface area contributed by atoms with Gasteiger partial charge in [0.1, 0.15) is 0 Å². The summed E-state index contributed by atoms with van der Waals surface area (Å²) in [6, 6.07) is 13.8. The van der Waals surface area contributed by atoms with E-state index >= 15 is 0 Å². The fourth-order valence-corrected chi connectivity index (χ4v) is 2.91. The molecule has 0 N–H and O–H groups in total. The summed E-state index contributed by atoms with van der Waals surface area (Å²) >= 11 is 3.44. The number of aryl methyl sites for hydroxylation is 1. The molecule has 0 spiro atoms. The first-order valence-corrected chi connectivity index (χ1v) is 7.66. The quantitative estimate of drug-likeness (QED) is 0.705. The average molecular weight is 331 g/mol. The SMILES string of the molecule is Cc1cc(Br)cc(C(=O)c2ccc(CC(C)C)cc2)c1.